The van der Waals surface area contributed by atoms with E-state index in [1.165, 1.54) is 5.69 Å². The lowest BCUT2D eigenvalue weighted by atomic mass is 10.0. The van der Waals surface area contributed by atoms with Gasteiger partial charge in [0.1, 0.15) is 0 Å². The average Bonchev–Trinajstić information content (AvgIpc) is 2.40. The SMILES string of the molecule is NC(=O)CCNC1CCN(c2ccncc2)CC1. The van der Waals surface area contributed by atoms with Crippen LogP contribution in [0.3, 0.4) is 0 Å². The van der Waals surface area contributed by atoms with Gasteiger partial charge in [0, 0.05) is 50.2 Å². The number of piperidine rings is 1. The number of nitrogens with zero attached hydrogens (tertiary/aromatic N) is 2. The van der Waals surface area contributed by atoms with Crippen molar-refractivity contribution in [3.8, 4) is 0 Å². The lowest BCUT2D eigenvalue weighted by molar-refractivity contribution is -0.117. The zero-order valence-electron chi connectivity index (χ0n) is 10.5. The second-order valence-corrected chi connectivity index (χ2v) is 4.64. The standard InChI is InChI=1S/C13H20N4O/c14-13(18)3-8-16-11-4-9-17(10-5-11)12-1-6-15-7-2-12/h1-2,6-7,11,16H,3-5,8-10H2,(H2,14,18). The Morgan fingerprint density at radius 1 is 1.39 bits per heavy atom. The maximum Gasteiger partial charge on any atom is 0.218 e. The van der Waals surface area contributed by atoms with Crippen LogP contribution < -0.4 is 16.0 Å². The van der Waals surface area contributed by atoms with E-state index in [2.05, 4.69) is 15.2 Å². The van der Waals surface area contributed by atoms with Crippen molar-refractivity contribution in [1.29, 1.82) is 0 Å². The van der Waals surface area contributed by atoms with Crippen LogP contribution in [0.4, 0.5) is 5.69 Å². The summed E-state index contributed by atoms with van der Waals surface area (Å²) in [6.45, 7) is 2.77. The van der Waals surface area contributed by atoms with E-state index in [4.69, 9.17) is 5.73 Å². The molecule has 18 heavy (non-hydrogen) atoms. The fraction of sp³-hybridized carbons (Fsp3) is 0.538. The van der Waals surface area contributed by atoms with Gasteiger partial charge in [0.05, 0.1) is 0 Å². The summed E-state index contributed by atoms with van der Waals surface area (Å²) in [5, 5.41) is 3.39. The predicted molar refractivity (Wildman–Crippen MR) is 71.3 cm³/mol. The molecule has 3 N–H and O–H groups in total. The van der Waals surface area contributed by atoms with Crippen LogP contribution in [0.25, 0.3) is 0 Å². The molecule has 0 aliphatic carbocycles. The van der Waals surface area contributed by atoms with Crippen molar-refractivity contribution in [2.75, 3.05) is 24.5 Å². The van der Waals surface area contributed by atoms with Gasteiger partial charge in [0.2, 0.25) is 5.91 Å². The predicted octanol–water partition coefficient (Wildman–Crippen LogP) is 0.515. The topological polar surface area (TPSA) is 71.2 Å². The molecule has 0 atom stereocenters. The van der Waals surface area contributed by atoms with Crippen molar-refractivity contribution in [2.24, 2.45) is 5.73 Å². The first-order chi connectivity index (χ1) is 8.75. The Kier molecular flexibility index (Phi) is 4.52. The molecule has 0 spiro atoms. The van der Waals surface area contributed by atoms with Gasteiger partial charge >= 0.3 is 0 Å². The van der Waals surface area contributed by atoms with Gasteiger partial charge in [0.15, 0.2) is 0 Å². The van der Waals surface area contributed by atoms with Crippen LogP contribution in [0.5, 0.6) is 0 Å². The third-order valence-corrected chi connectivity index (χ3v) is 3.33. The number of hydrogen-bond donors (Lipinski definition) is 2. The molecule has 98 valence electrons. The van der Waals surface area contributed by atoms with Crippen molar-refractivity contribution >= 4 is 11.6 Å². The second-order valence-electron chi connectivity index (χ2n) is 4.64. The third-order valence-electron chi connectivity index (χ3n) is 3.33. The number of anilines is 1. The number of carbonyl (C=O) groups excluding carboxylic acids is 1. The fourth-order valence-electron chi connectivity index (χ4n) is 2.30. The molecular formula is C13H20N4O. The first kappa shape index (κ1) is 12.8. The Morgan fingerprint density at radius 3 is 2.67 bits per heavy atom. The Hall–Kier alpha value is -1.62. The number of carbonyl (C=O) groups is 1. The van der Waals surface area contributed by atoms with Crippen molar-refractivity contribution < 1.29 is 4.79 Å². The minimum Gasteiger partial charge on any atom is -0.371 e. The molecule has 1 aliphatic heterocycles. The molecule has 1 fully saturated rings. The molecule has 5 nitrogen and oxygen atoms in total. The summed E-state index contributed by atoms with van der Waals surface area (Å²) >= 11 is 0. The molecule has 2 heterocycles. The summed E-state index contributed by atoms with van der Waals surface area (Å²) in [5.74, 6) is -0.239. The molecule has 5 heteroatoms. The summed E-state index contributed by atoms with van der Waals surface area (Å²) in [4.78, 5) is 17.0. The molecule has 0 unspecified atom stereocenters. The minimum atomic E-state index is -0.239. The molecule has 0 radical (unpaired) electrons. The Morgan fingerprint density at radius 2 is 2.06 bits per heavy atom. The number of rotatable bonds is 5. The van der Waals surface area contributed by atoms with E-state index < -0.39 is 0 Å². The largest absolute Gasteiger partial charge is 0.371 e. The molecule has 1 saturated heterocycles. The monoisotopic (exact) mass is 248 g/mol. The highest BCUT2D eigenvalue weighted by molar-refractivity contribution is 5.73. The first-order valence-corrected chi connectivity index (χ1v) is 6.42. The van der Waals surface area contributed by atoms with E-state index in [1.54, 1.807) is 0 Å². The lowest BCUT2D eigenvalue weighted by Gasteiger charge is -2.34. The lowest BCUT2D eigenvalue weighted by Crippen LogP contribution is -2.43. The van der Waals surface area contributed by atoms with E-state index in [0.717, 1.165) is 25.9 Å². The van der Waals surface area contributed by atoms with Crippen molar-refractivity contribution in [3.05, 3.63) is 24.5 Å². The van der Waals surface area contributed by atoms with E-state index in [-0.39, 0.29) is 5.91 Å². The molecule has 1 amide bonds. The van der Waals surface area contributed by atoms with Gasteiger partial charge in [-0.15, -0.1) is 0 Å². The summed E-state index contributed by atoms with van der Waals surface area (Å²) in [5.41, 5.74) is 6.35. The maximum atomic E-state index is 10.6. The van der Waals surface area contributed by atoms with Crippen LogP contribution in [0.15, 0.2) is 24.5 Å². The fourth-order valence-corrected chi connectivity index (χ4v) is 2.30. The van der Waals surface area contributed by atoms with E-state index >= 15 is 0 Å². The van der Waals surface area contributed by atoms with Crippen molar-refractivity contribution in [2.45, 2.75) is 25.3 Å². The maximum absolute atomic E-state index is 10.6. The molecule has 1 aromatic heterocycles. The van der Waals surface area contributed by atoms with Crippen LogP contribution in [0.1, 0.15) is 19.3 Å². The van der Waals surface area contributed by atoms with Crippen molar-refractivity contribution in [1.82, 2.24) is 10.3 Å². The first-order valence-electron chi connectivity index (χ1n) is 6.42. The molecule has 2 rings (SSSR count). The average molecular weight is 248 g/mol. The smallest absolute Gasteiger partial charge is 0.218 e. The van der Waals surface area contributed by atoms with E-state index in [9.17, 15) is 4.79 Å². The highest BCUT2D eigenvalue weighted by Gasteiger charge is 2.18. The van der Waals surface area contributed by atoms with Crippen molar-refractivity contribution in [3.63, 3.8) is 0 Å². The number of nitrogens with one attached hydrogen (secondary N) is 1. The summed E-state index contributed by atoms with van der Waals surface area (Å²) in [6.07, 6.45) is 6.27. The van der Waals surface area contributed by atoms with Crippen LogP contribution in [-0.2, 0) is 4.79 Å². The molecule has 0 saturated carbocycles. The van der Waals surface area contributed by atoms with E-state index in [1.807, 2.05) is 24.5 Å². The highest BCUT2D eigenvalue weighted by atomic mass is 16.1. The number of hydrogen-bond acceptors (Lipinski definition) is 4. The number of nitrogens with two attached hydrogens (primary N) is 1. The molecule has 0 aromatic carbocycles. The minimum absolute atomic E-state index is 0.239. The number of pyridine rings is 1. The zero-order chi connectivity index (χ0) is 12.8. The van der Waals surface area contributed by atoms with Gasteiger partial charge in [-0.05, 0) is 25.0 Å². The number of primary amides is 1. The van der Waals surface area contributed by atoms with Gasteiger partial charge in [-0.1, -0.05) is 0 Å². The van der Waals surface area contributed by atoms with E-state index in [0.29, 0.717) is 19.0 Å². The molecule has 1 aliphatic rings. The number of aromatic nitrogens is 1. The molecule has 1 aromatic rings. The summed E-state index contributed by atoms with van der Waals surface area (Å²) in [7, 11) is 0. The van der Waals surface area contributed by atoms with Crippen LogP contribution in [-0.4, -0.2) is 36.6 Å². The zero-order valence-corrected chi connectivity index (χ0v) is 10.5. The molecule has 0 bridgehead atoms. The Bertz CT molecular complexity index is 374. The van der Waals surface area contributed by atoms with Gasteiger partial charge in [-0.2, -0.15) is 0 Å². The highest BCUT2D eigenvalue weighted by Crippen LogP contribution is 2.18. The molecular weight excluding hydrogens is 228 g/mol. The van der Waals surface area contributed by atoms with Gasteiger partial charge in [-0.25, -0.2) is 0 Å². The quantitative estimate of drug-likeness (QED) is 0.796. The Balaban J connectivity index is 1.73. The van der Waals surface area contributed by atoms with Crippen LogP contribution >= 0.6 is 0 Å². The number of amides is 1. The summed E-state index contributed by atoms with van der Waals surface area (Å²) < 4.78 is 0. The third kappa shape index (κ3) is 3.70. The van der Waals surface area contributed by atoms with Crippen LogP contribution in [0, 0.1) is 0 Å². The van der Waals surface area contributed by atoms with Gasteiger partial charge in [-0.3, -0.25) is 9.78 Å². The van der Waals surface area contributed by atoms with Gasteiger partial charge < -0.3 is 16.0 Å². The van der Waals surface area contributed by atoms with Crippen LogP contribution in [0.2, 0.25) is 0 Å². The second kappa shape index (κ2) is 6.35. The Labute approximate surface area is 107 Å². The normalized spacial score (nSPS) is 16.8. The van der Waals surface area contributed by atoms with Gasteiger partial charge in [0.25, 0.3) is 0 Å². The summed E-state index contributed by atoms with van der Waals surface area (Å²) in [6, 6.07) is 4.59.